The first kappa shape index (κ1) is 23.7. The fourth-order valence-corrected chi connectivity index (χ4v) is 4.55. The maximum absolute atomic E-state index is 13.1. The molecule has 5 rings (SSSR count). The van der Waals surface area contributed by atoms with Gasteiger partial charge in [0, 0.05) is 23.9 Å². The Kier molecular flexibility index (Phi) is 7.46. The number of fused-ring (bicyclic) bond motifs is 1. The van der Waals surface area contributed by atoms with Crippen LogP contribution < -0.4 is 10.9 Å². The summed E-state index contributed by atoms with van der Waals surface area (Å²) >= 11 is 0. The molecule has 3 aromatic carbocycles. The number of hydrogen-bond donors (Lipinski definition) is 2. The van der Waals surface area contributed by atoms with Crippen LogP contribution in [0.15, 0.2) is 83.7 Å². The van der Waals surface area contributed by atoms with Gasteiger partial charge in [-0.3, -0.25) is 14.5 Å². The summed E-state index contributed by atoms with van der Waals surface area (Å²) in [6.45, 7) is 3.03. The summed E-state index contributed by atoms with van der Waals surface area (Å²) in [7, 11) is 0. The van der Waals surface area contributed by atoms with Gasteiger partial charge in [-0.2, -0.15) is 0 Å². The van der Waals surface area contributed by atoms with E-state index in [0.29, 0.717) is 16.8 Å². The standard InChI is InChI=1S/C28H27N3O2.ClH/c32-27-14-11-21-9-12-24(18-26(21)30-27)29-28(33)22-10-13-25(20-7-3-1-4-8-20)23(17-22)19-31-15-5-2-6-16-31;/h1,3-4,7-14,17-18H,2,5-6,15-16,19H2,(H,29,33)(H,30,32);1H. The smallest absolute Gasteiger partial charge is 0.255 e. The van der Waals surface area contributed by atoms with Crippen molar-refractivity contribution in [1.82, 2.24) is 9.88 Å². The van der Waals surface area contributed by atoms with Gasteiger partial charge in [-0.15, -0.1) is 12.4 Å². The molecule has 1 saturated heterocycles. The summed E-state index contributed by atoms with van der Waals surface area (Å²) < 4.78 is 0. The maximum atomic E-state index is 13.1. The van der Waals surface area contributed by atoms with Gasteiger partial charge in [0.15, 0.2) is 0 Å². The molecule has 0 radical (unpaired) electrons. The fraction of sp³-hybridized carbons (Fsp3) is 0.214. The Balaban J connectivity index is 0.00000274. The molecule has 0 aliphatic carbocycles. The Morgan fingerprint density at radius 3 is 2.44 bits per heavy atom. The number of aromatic amines is 1. The minimum atomic E-state index is -0.162. The van der Waals surface area contributed by atoms with Gasteiger partial charge in [-0.25, -0.2) is 0 Å². The second kappa shape index (κ2) is 10.7. The van der Waals surface area contributed by atoms with Gasteiger partial charge in [-0.05, 0) is 78.3 Å². The van der Waals surface area contributed by atoms with Gasteiger partial charge in [-0.1, -0.05) is 48.9 Å². The van der Waals surface area contributed by atoms with Crippen molar-refractivity contribution in [2.45, 2.75) is 25.8 Å². The lowest BCUT2D eigenvalue weighted by Gasteiger charge is -2.27. The lowest BCUT2D eigenvalue weighted by molar-refractivity contribution is 0.102. The first-order valence-corrected chi connectivity index (χ1v) is 11.5. The minimum absolute atomic E-state index is 0. The number of amides is 1. The van der Waals surface area contributed by atoms with Crippen LogP contribution in [0.1, 0.15) is 35.2 Å². The molecule has 5 nitrogen and oxygen atoms in total. The number of carbonyl (C=O) groups is 1. The molecule has 0 bridgehead atoms. The summed E-state index contributed by atoms with van der Waals surface area (Å²) in [5.41, 5.74) is 5.31. The lowest BCUT2D eigenvalue weighted by Crippen LogP contribution is -2.29. The van der Waals surface area contributed by atoms with Crippen molar-refractivity contribution in [3.8, 4) is 11.1 Å². The highest BCUT2D eigenvalue weighted by Gasteiger charge is 2.16. The van der Waals surface area contributed by atoms with E-state index in [2.05, 4.69) is 33.4 Å². The summed E-state index contributed by atoms with van der Waals surface area (Å²) in [6, 6.07) is 25.1. The highest BCUT2D eigenvalue weighted by atomic mass is 35.5. The predicted molar refractivity (Wildman–Crippen MR) is 141 cm³/mol. The summed E-state index contributed by atoms with van der Waals surface area (Å²) in [6.07, 6.45) is 3.75. The molecular weight excluding hydrogens is 446 g/mol. The molecular formula is C28H28ClN3O2. The van der Waals surface area contributed by atoms with Crippen LogP contribution in [0.2, 0.25) is 0 Å². The molecule has 2 heterocycles. The molecule has 1 aliphatic heterocycles. The van der Waals surface area contributed by atoms with Gasteiger partial charge in [0.2, 0.25) is 5.56 Å². The second-order valence-corrected chi connectivity index (χ2v) is 8.65. The van der Waals surface area contributed by atoms with Crippen molar-refractivity contribution in [3.63, 3.8) is 0 Å². The Morgan fingerprint density at radius 2 is 1.65 bits per heavy atom. The van der Waals surface area contributed by atoms with E-state index >= 15 is 0 Å². The van der Waals surface area contributed by atoms with Crippen LogP contribution in [-0.2, 0) is 6.54 Å². The molecule has 2 N–H and O–H groups in total. The molecule has 174 valence electrons. The average molecular weight is 474 g/mol. The summed E-state index contributed by atoms with van der Waals surface area (Å²) in [4.78, 5) is 30.0. The number of halogens is 1. The Morgan fingerprint density at radius 1 is 0.882 bits per heavy atom. The average Bonchev–Trinajstić information content (AvgIpc) is 2.85. The lowest BCUT2D eigenvalue weighted by atomic mass is 9.96. The predicted octanol–water partition coefficient (Wildman–Crippen LogP) is 5.86. The third-order valence-electron chi connectivity index (χ3n) is 6.28. The number of likely N-dealkylation sites (tertiary alicyclic amines) is 1. The largest absolute Gasteiger partial charge is 0.322 e. The summed E-state index contributed by atoms with van der Waals surface area (Å²) in [5, 5.41) is 3.91. The monoisotopic (exact) mass is 473 g/mol. The van der Waals surface area contributed by atoms with Gasteiger partial charge >= 0.3 is 0 Å². The van der Waals surface area contributed by atoms with Gasteiger partial charge in [0.25, 0.3) is 5.91 Å². The molecule has 0 atom stereocenters. The Hall–Kier alpha value is -3.41. The first-order chi connectivity index (χ1) is 16.2. The van der Waals surface area contributed by atoms with E-state index < -0.39 is 0 Å². The highest BCUT2D eigenvalue weighted by Crippen LogP contribution is 2.27. The van der Waals surface area contributed by atoms with Crippen LogP contribution in [-0.4, -0.2) is 28.9 Å². The van der Waals surface area contributed by atoms with Crippen molar-refractivity contribution < 1.29 is 4.79 Å². The Bertz CT molecular complexity index is 1340. The van der Waals surface area contributed by atoms with E-state index in [9.17, 15) is 9.59 Å². The number of carbonyl (C=O) groups excluding carboxylic acids is 1. The number of H-pyrrole nitrogens is 1. The van der Waals surface area contributed by atoms with Crippen LogP contribution in [0.5, 0.6) is 0 Å². The van der Waals surface area contributed by atoms with Crippen molar-refractivity contribution in [1.29, 1.82) is 0 Å². The van der Waals surface area contributed by atoms with E-state index in [0.717, 1.165) is 30.6 Å². The van der Waals surface area contributed by atoms with Gasteiger partial charge < -0.3 is 10.3 Å². The van der Waals surface area contributed by atoms with E-state index in [1.165, 1.54) is 36.5 Å². The zero-order chi connectivity index (χ0) is 22.6. The third-order valence-corrected chi connectivity index (χ3v) is 6.28. The highest BCUT2D eigenvalue weighted by molar-refractivity contribution is 6.05. The number of nitrogens with zero attached hydrogens (tertiary/aromatic N) is 1. The molecule has 0 spiro atoms. The zero-order valence-electron chi connectivity index (χ0n) is 18.9. The maximum Gasteiger partial charge on any atom is 0.255 e. The van der Waals surface area contributed by atoms with Gasteiger partial charge in [0.1, 0.15) is 0 Å². The van der Waals surface area contributed by atoms with E-state index in [-0.39, 0.29) is 23.9 Å². The summed E-state index contributed by atoms with van der Waals surface area (Å²) in [5.74, 6) is -0.160. The van der Waals surface area contributed by atoms with E-state index in [4.69, 9.17) is 0 Å². The molecule has 1 aliphatic rings. The van der Waals surface area contributed by atoms with Crippen LogP contribution in [0.4, 0.5) is 5.69 Å². The SMILES string of the molecule is Cl.O=C(Nc1ccc2ccc(=O)[nH]c2c1)c1ccc(-c2ccccc2)c(CN2CCCCC2)c1. The van der Waals surface area contributed by atoms with Crippen molar-refractivity contribution in [3.05, 3.63) is 100 Å². The first-order valence-electron chi connectivity index (χ1n) is 11.5. The van der Waals surface area contributed by atoms with E-state index in [1.807, 2.05) is 42.5 Å². The van der Waals surface area contributed by atoms with Crippen LogP contribution in [0.3, 0.4) is 0 Å². The number of benzene rings is 3. The fourth-order valence-electron chi connectivity index (χ4n) is 4.55. The van der Waals surface area contributed by atoms with Crippen molar-refractivity contribution in [2.75, 3.05) is 18.4 Å². The molecule has 0 unspecified atom stereocenters. The number of rotatable bonds is 5. The number of piperidine rings is 1. The number of nitrogens with one attached hydrogen (secondary N) is 2. The van der Waals surface area contributed by atoms with Crippen molar-refractivity contribution in [2.24, 2.45) is 0 Å². The van der Waals surface area contributed by atoms with Crippen molar-refractivity contribution >= 4 is 34.9 Å². The van der Waals surface area contributed by atoms with Crippen LogP contribution >= 0.6 is 12.4 Å². The number of hydrogen-bond acceptors (Lipinski definition) is 3. The molecule has 1 aromatic heterocycles. The molecule has 34 heavy (non-hydrogen) atoms. The Labute approximate surface area is 205 Å². The quantitative estimate of drug-likeness (QED) is 0.382. The number of aromatic nitrogens is 1. The minimum Gasteiger partial charge on any atom is -0.322 e. The number of pyridine rings is 1. The molecule has 1 amide bonds. The van der Waals surface area contributed by atoms with E-state index in [1.54, 1.807) is 12.1 Å². The van der Waals surface area contributed by atoms with Crippen LogP contribution in [0.25, 0.3) is 22.0 Å². The molecule has 0 saturated carbocycles. The normalized spacial score (nSPS) is 13.9. The molecule has 6 heteroatoms. The van der Waals surface area contributed by atoms with Gasteiger partial charge in [0.05, 0.1) is 5.52 Å². The zero-order valence-corrected chi connectivity index (χ0v) is 19.7. The third kappa shape index (κ3) is 5.38. The second-order valence-electron chi connectivity index (χ2n) is 8.65. The molecule has 1 fully saturated rings. The topological polar surface area (TPSA) is 65.2 Å². The van der Waals surface area contributed by atoms with Crippen LogP contribution in [0, 0.1) is 0 Å². The molecule has 4 aromatic rings. The number of anilines is 1.